The Morgan fingerprint density at radius 1 is 1.28 bits per heavy atom. The van der Waals surface area contributed by atoms with Gasteiger partial charge in [-0.1, -0.05) is 18.2 Å². The Hall–Kier alpha value is -3.46. The molecule has 152 valence electrons. The molecule has 0 bridgehead atoms. The van der Waals surface area contributed by atoms with Crippen LogP contribution in [0.2, 0.25) is 0 Å². The lowest BCUT2D eigenvalue weighted by Crippen LogP contribution is -2.31. The zero-order chi connectivity index (χ0) is 21.1. The first-order valence-corrected chi connectivity index (χ1v) is 9.19. The van der Waals surface area contributed by atoms with Gasteiger partial charge in [-0.2, -0.15) is 5.10 Å². The SMILES string of the molecule is C=CCNC(=S)N/N=C\c1cc([N+](=O)[O-])ccc1OCCOc1cccc(C)c1. The van der Waals surface area contributed by atoms with Gasteiger partial charge in [0.2, 0.25) is 0 Å². The van der Waals surface area contributed by atoms with Crippen LogP contribution >= 0.6 is 12.2 Å². The summed E-state index contributed by atoms with van der Waals surface area (Å²) in [6.07, 6.45) is 3.06. The first-order chi connectivity index (χ1) is 14.0. The molecule has 0 amide bonds. The fourth-order valence-electron chi connectivity index (χ4n) is 2.26. The summed E-state index contributed by atoms with van der Waals surface area (Å²) in [6.45, 7) is 6.64. The highest BCUT2D eigenvalue weighted by atomic mass is 32.1. The van der Waals surface area contributed by atoms with Crippen LogP contribution in [0.1, 0.15) is 11.1 Å². The van der Waals surface area contributed by atoms with Gasteiger partial charge in [-0.3, -0.25) is 15.5 Å². The Morgan fingerprint density at radius 3 is 2.79 bits per heavy atom. The molecule has 8 nitrogen and oxygen atoms in total. The van der Waals surface area contributed by atoms with Crippen LogP contribution in [0.5, 0.6) is 11.5 Å². The molecule has 2 N–H and O–H groups in total. The standard InChI is InChI=1S/C20H22N4O4S/c1-3-9-21-20(29)23-22-14-16-13-17(24(25)26)7-8-19(16)28-11-10-27-18-6-4-5-15(2)12-18/h3-8,12-14H,1,9-11H2,2H3,(H2,21,23,29)/b22-14-. The summed E-state index contributed by atoms with van der Waals surface area (Å²) >= 11 is 5.04. The van der Waals surface area contributed by atoms with Gasteiger partial charge >= 0.3 is 0 Å². The quantitative estimate of drug-likeness (QED) is 0.154. The zero-order valence-corrected chi connectivity index (χ0v) is 16.8. The van der Waals surface area contributed by atoms with Gasteiger partial charge in [0.1, 0.15) is 24.7 Å². The van der Waals surface area contributed by atoms with Crippen LogP contribution in [-0.2, 0) is 0 Å². The number of nitrogens with one attached hydrogen (secondary N) is 2. The topological polar surface area (TPSA) is 98.0 Å². The van der Waals surface area contributed by atoms with Gasteiger partial charge in [0.25, 0.3) is 5.69 Å². The number of aryl methyl sites for hydroxylation is 1. The second-order valence-electron chi connectivity index (χ2n) is 5.86. The molecule has 2 aromatic carbocycles. The predicted octanol–water partition coefficient (Wildman–Crippen LogP) is 3.35. The van der Waals surface area contributed by atoms with Gasteiger partial charge in [-0.15, -0.1) is 6.58 Å². The van der Waals surface area contributed by atoms with E-state index in [4.69, 9.17) is 21.7 Å². The highest BCUT2D eigenvalue weighted by molar-refractivity contribution is 7.80. The third kappa shape index (κ3) is 7.59. The summed E-state index contributed by atoms with van der Waals surface area (Å²) in [6, 6.07) is 12.0. The molecule has 0 atom stereocenters. The van der Waals surface area contributed by atoms with Crippen LogP contribution in [0.15, 0.2) is 60.2 Å². The lowest BCUT2D eigenvalue weighted by atomic mass is 10.2. The molecule has 0 aromatic heterocycles. The number of rotatable bonds is 10. The van der Waals surface area contributed by atoms with E-state index in [1.165, 1.54) is 24.4 Å². The molecule has 0 spiro atoms. The van der Waals surface area contributed by atoms with E-state index in [0.717, 1.165) is 11.3 Å². The highest BCUT2D eigenvalue weighted by Gasteiger charge is 2.11. The van der Waals surface area contributed by atoms with Crippen LogP contribution in [0.3, 0.4) is 0 Å². The van der Waals surface area contributed by atoms with Crippen molar-refractivity contribution in [1.29, 1.82) is 0 Å². The van der Waals surface area contributed by atoms with Gasteiger partial charge < -0.3 is 14.8 Å². The van der Waals surface area contributed by atoms with Crippen LogP contribution < -0.4 is 20.2 Å². The van der Waals surface area contributed by atoms with E-state index >= 15 is 0 Å². The van der Waals surface area contributed by atoms with E-state index in [0.29, 0.717) is 29.6 Å². The van der Waals surface area contributed by atoms with Crippen molar-refractivity contribution in [3.8, 4) is 11.5 Å². The van der Waals surface area contributed by atoms with Crippen molar-refractivity contribution >= 4 is 29.2 Å². The number of nitro groups is 1. The Bertz CT molecular complexity index is 902. The fourth-order valence-corrected chi connectivity index (χ4v) is 2.40. The lowest BCUT2D eigenvalue weighted by molar-refractivity contribution is -0.384. The summed E-state index contributed by atoms with van der Waals surface area (Å²) in [5.74, 6) is 1.20. The van der Waals surface area contributed by atoms with Gasteiger partial charge in [-0.25, -0.2) is 0 Å². The number of nitro benzene ring substituents is 1. The van der Waals surface area contributed by atoms with E-state index in [1.54, 1.807) is 6.08 Å². The third-order valence-electron chi connectivity index (χ3n) is 3.58. The molecular formula is C20H22N4O4S. The van der Waals surface area contributed by atoms with Gasteiger partial charge in [-0.05, 0) is 42.9 Å². The molecule has 0 saturated carbocycles. The maximum atomic E-state index is 11.1. The number of benzene rings is 2. The van der Waals surface area contributed by atoms with Crippen LogP contribution in [0, 0.1) is 17.0 Å². The number of thiocarbonyl (C=S) groups is 1. The molecule has 0 radical (unpaired) electrons. The number of nitrogens with zero attached hydrogens (tertiary/aromatic N) is 2. The smallest absolute Gasteiger partial charge is 0.270 e. The van der Waals surface area contributed by atoms with Crippen LogP contribution in [0.25, 0.3) is 0 Å². The van der Waals surface area contributed by atoms with E-state index in [1.807, 2.05) is 31.2 Å². The van der Waals surface area contributed by atoms with E-state index < -0.39 is 4.92 Å². The second-order valence-corrected chi connectivity index (χ2v) is 6.27. The van der Waals surface area contributed by atoms with Crippen molar-refractivity contribution in [2.45, 2.75) is 6.92 Å². The predicted molar refractivity (Wildman–Crippen MR) is 117 cm³/mol. The number of ether oxygens (including phenoxy) is 2. The Balaban J connectivity index is 1.99. The Kier molecular flexibility index (Phi) is 8.58. The van der Waals surface area contributed by atoms with Crippen molar-refractivity contribution in [1.82, 2.24) is 10.7 Å². The average molecular weight is 414 g/mol. The number of hydrogen-bond donors (Lipinski definition) is 2. The molecule has 0 fully saturated rings. The van der Waals surface area contributed by atoms with Crippen molar-refractivity contribution < 1.29 is 14.4 Å². The molecule has 0 heterocycles. The van der Waals surface area contributed by atoms with Crippen LogP contribution in [-0.4, -0.2) is 36.0 Å². The average Bonchev–Trinajstić information content (AvgIpc) is 2.70. The number of hydrogen-bond acceptors (Lipinski definition) is 6. The first-order valence-electron chi connectivity index (χ1n) is 8.78. The van der Waals surface area contributed by atoms with Gasteiger partial charge in [0.15, 0.2) is 5.11 Å². The van der Waals surface area contributed by atoms with Crippen molar-refractivity contribution in [3.63, 3.8) is 0 Å². The molecule has 9 heteroatoms. The molecule has 29 heavy (non-hydrogen) atoms. The minimum Gasteiger partial charge on any atom is -0.490 e. The maximum Gasteiger partial charge on any atom is 0.270 e. The molecule has 2 rings (SSSR count). The molecular weight excluding hydrogens is 392 g/mol. The number of hydrazone groups is 1. The van der Waals surface area contributed by atoms with E-state index in [9.17, 15) is 10.1 Å². The van der Waals surface area contributed by atoms with E-state index in [2.05, 4.69) is 22.4 Å². The molecule has 0 saturated heterocycles. The third-order valence-corrected chi connectivity index (χ3v) is 3.82. The summed E-state index contributed by atoms with van der Waals surface area (Å²) in [5.41, 5.74) is 4.10. The second kappa shape index (κ2) is 11.4. The normalized spacial score (nSPS) is 10.4. The monoisotopic (exact) mass is 414 g/mol. The summed E-state index contributed by atoms with van der Waals surface area (Å²) in [5, 5.41) is 18.2. The Labute approximate surface area is 174 Å². The maximum absolute atomic E-state index is 11.1. The van der Waals surface area contributed by atoms with Crippen molar-refractivity contribution in [3.05, 3.63) is 76.4 Å². The largest absolute Gasteiger partial charge is 0.490 e. The lowest BCUT2D eigenvalue weighted by Gasteiger charge is -2.11. The van der Waals surface area contributed by atoms with Crippen LogP contribution in [0.4, 0.5) is 5.69 Å². The molecule has 0 unspecified atom stereocenters. The van der Waals surface area contributed by atoms with Gasteiger partial charge in [0, 0.05) is 24.2 Å². The van der Waals surface area contributed by atoms with E-state index in [-0.39, 0.29) is 12.3 Å². The summed E-state index contributed by atoms with van der Waals surface area (Å²) in [7, 11) is 0. The van der Waals surface area contributed by atoms with Gasteiger partial charge in [0.05, 0.1) is 11.1 Å². The first kappa shape index (κ1) is 21.8. The van der Waals surface area contributed by atoms with Crippen molar-refractivity contribution in [2.75, 3.05) is 19.8 Å². The Morgan fingerprint density at radius 2 is 2.07 bits per heavy atom. The summed E-state index contributed by atoms with van der Waals surface area (Å²) < 4.78 is 11.4. The summed E-state index contributed by atoms with van der Waals surface area (Å²) in [4.78, 5) is 10.6. The zero-order valence-electron chi connectivity index (χ0n) is 16.0. The fraction of sp³-hybridized carbons (Fsp3) is 0.200. The highest BCUT2D eigenvalue weighted by Crippen LogP contribution is 2.23. The minimum atomic E-state index is -0.480. The molecule has 0 aliphatic heterocycles. The minimum absolute atomic E-state index is 0.0674. The number of non-ortho nitro benzene ring substituents is 1. The molecule has 2 aromatic rings. The van der Waals surface area contributed by atoms with Crippen molar-refractivity contribution in [2.24, 2.45) is 5.10 Å². The molecule has 0 aliphatic rings. The molecule has 0 aliphatic carbocycles.